The lowest BCUT2D eigenvalue weighted by Crippen LogP contribution is -2.43. The van der Waals surface area contributed by atoms with E-state index in [0.717, 1.165) is 18.6 Å². The first-order valence-corrected chi connectivity index (χ1v) is 17.8. The molecular weight excluding hydrogens is 739 g/mol. The van der Waals surface area contributed by atoms with Crippen molar-refractivity contribution in [3.05, 3.63) is 52.7 Å². The number of aromatic nitrogens is 3. The third-order valence-electron chi connectivity index (χ3n) is 10.6. The first-order valence-electron chi connectivity index (χ1n) is 17.0. The fraction of sp³-hybridized carbons (Fsp3) is 0.389. The number of ether oxygens (including phenoxy) is 3. The van der Waals surface area contributed by atoms with Crippen molar-refractivity contribution in [2.75, 3.05) is 56.3 Å². The Labute approximate surface area is 308 Å². The van der Waals surface area contributed by atoms with Crippen molar-refractivity contribution < 1.29 is 40.6 Å². The lowest BCUT2D eigenvalue weighted by Gasteiger charge is -2.32. The smallest absolute Gasteiger partial charge is 0.420 e. The van der Waals surface area contributed by atoms with E-state index in [0.29, 0.717) is 35.6 Å². The van der Waals surface area contributed by atoms with Gasteiger partial charge in [-0.2, -0.15) is 28.4 Å². The number of nitrogens with two attached hydrogens (primary N) is 2. The van der Waals surface area contributed by atoms with Gasteiger partial charge in [0.2, 0.25) is 0 Å². The molecular formula is C36H32F6N8O3S. The zero-order valence-corrected chi connectivity index (χ0v) is 29.7. The van der Waals surface area contributed by atoms with Crippen LogP contribution in [0.5, 0.6) is 17.5 Å². The molecule has 4 N–H and O–H groups in total. The van der Waals surface area contributed by atoms with Crippen LogP contribution < -0.4 is 30.6 Å². The Balaban J connectivity index is 1.41. The van der Waals surface area contributed by atoms with Crippen LogP contribution in [0.3, 0.4) is 0 Å². The van der Waals surface area contributed by atoms with E-state index in [4.69, 9.17) is 25.7 Å². The molecule has 282 valence electrons. The molecule has 3 aliphatic heterocycles. The van der Waals surface area contributed by atoms with Gasteiger partial charge in [-0.25, -0.2) is 18.2 Å². The molecule has 0 unspecified atom stereocenters. The molecule has 2 saturated heterocycles. The van der Waals surface area contributed by atoms with E-state index in [1.807, 2.05) is 11.0 Å². The van der Waals surface area contributed by atoms with Gasteiger partial charge in [-0.1, -0.05) is 6.07 Å². The summed E-state index contributed by atoms with van der Waals surface area (Å²) in [6.07, 6.45) is -3.27. The maximum atomic E-state index is 17.4. The van der Waals surface area contributed by atoms with Crippen LogP contribution >= 0.6 is 11.3 Å². The molecule has 54 heavy (non-hydrogen) atoms. The van der Waals surface area contributed by atoms with Gasteiger partial charge in [-0.05, 0) is 44.0 Å². The minimum atomic E-state index is -5.25. The number of hydrogen-bond acceptors (Lipinski definition) is 12. The zero-order valence-electron chi connectivity index (χ0n) is 28.9. The molecule has 0 saturated carbocycles. The Hall–Kier alpha value is -5.28. The highest BCUT2D eigenvalue weighted by Gasteiger charge is 2.50. The van der Waals surface area contributed by atoms with Crippen molar-refractivity contribution in [3.8, 4) is 34.7 Å². The number of rotatable bonds is 7. The summed E-state index contributed by atoms with van der Waals surface area (Å²) in [6.45, 7) is 2.16. The molecule has 0 radical (unpaired) electrons. The number of alkyl halides is 4. The van der Waals surface area contributed by atoms with Gasteiger partial charge in [0.05, 0.1) is 47.1 Å². The van der Waals surface area contributed by atoms with Crippen LogP contribution in [0.2, 0.25) is 0 Å². The molecule has 8 rings (SSSR count). The third-order valence-corrected chi connectivity index (χ3v) is 11.7. The molecule has 11 nitrogen and oxygen atoms in total. The lowest BCUT2D eigenvalue weighted by atomic mass is 9.91. The second kappa shape index (κ2) is 12.9. The third kappa shape index (κ3) is 5.54. The SMILES string of the molecule is COc1cnc(N)c([C@@H](C)N2CCOc3c(C(F)(F)F)c(-c4ccc(F)c5sc(N)c(C#N)c45)c(F)c4nc(OC[C@@]56CCCN5C[C@H](F)C6)nc2c34)c1. The standard InChI is InChI=1S/C36H32F6N8O3S/c1-16(20-10-18(51-2)13-46-31(20)44)50-8-9-52-29-25-28(47-34(48-33(25)50)53-15-35-6-3-7-49(35)14-17(37)11-35)27(39)24(26(29)36(40,41)42)19-4-5-22(38)30-23(19)21(12-43)32(45)54-30/h4-5,10,13,16-17H,3,6-9,11,14-15,45H2,1-2H3,(H2,44,46)/t16-,17-,35+/m1/s1. The first-order chi connectivity index (χ1) is 25.8. The Morgan fingerprint density at radius 1 is 1.19 bits per heavy atom. The molecule has 6 heterocycles. The molecule has 5 aromatic rings. The number of methoxy groups -OCH3 is 1. The number of thiophene rings is 1. The van der Waals surface area contributed by atoms with E-state index in [2.05, 4.69) is 15.0 Å². The van der Waals surface area contributed by atoms with E-state index >= 15 is 22.0 Å². The molecule has 0 amide bonds. The summed E-state index contributed by atoms with van der Waals surface area (Å²) < 4.78 is 111. The van der Waals surface area contributed by atoms with Gasteiger partial charge in [0.25, 0.3) is 0 Å². The van der Waals surface area contributed by atoms with Crippen molar-refractivity contribution in [2.45, 2.75) is 50.1 Å². The molecule has 2 aromatic carbocycles. The highest BCUT2D eigenvalue weighted by Crippen LogP contribution is 2.54. The molecule has 0 spiro atoms. The van der Waals surface area contributed by atoms with Crippen LogP contribution in [0, 0.1) is 23.0 Å². The lowest BCUT2D eigenvalue weighted by molar-refractivity contribution is -0.138. The van der Waals surface area contributed by atoms with Crippen molar-refractivity contribution in [1.29, 1.82) is 5.26 Å². The molecule has 0 bridgehead atoms. The van der Waals surface area contributed by atoms with Crippen molar-refractivity contribution in [2.24, 2.45) is 0 Å². The van der Waals surface area contributed by atoms with E-state index in [9.17, 15) is 9.65 Å². The van der Waals surface area contributed by atoms with Gasteiger partial charge in [-0.15, -0.1) is 11.3 Å². The quantitative estimate of drug-likeness (QED) is 0.162. The molecule has 2 fully saturated rings. The number of benzene rings is 2. The number of halogens is 6. The number of nitriles is 1. The van der Waals surface area contributed by atoms with Crippen LogP contribution in [0.4, 0.5) is 43.0 Å². The topological polar surface area (TPSA) is 149 Å². The van der Waals surface area contributed by atoms with Gasteiger partial charge in [0.15, 0.2) is 5.82 Å². The van der Waals surface area contributed by atoms with Crippen LogP contribution in [-0.4, -0.2) is 71.5 Å². The molecule has 3 atom stereocenters. The number of fused-ring (bicyclic) bond motifs is 2. The monoisotopic (exact) mass is 770 g/mol. The predicted octanol–water partition coefficient (Wildman–Crippen LogP) is 7.16. The van der Waals surface area contributed by atoms with Crippen LogP contribution in [0.1, 0.15) is 48.9 Å². The summed E-state index contributed by atoms with van der Waals surface area (Å²) in [4.78, 5) is 16.8. The average molecular weight is 771 g/mol. The molecule has 3 aromatic heterocycles. The number of hydrogen-bond donors (Lipinski definition) is 2. The number of pyridine rings is 1. The van der Waals surface area contributed by atoms with E-state index in [1.54, 1.807) is 17.9 Å². The van der Waals surface area contributed by atoms with Crippen molar-refractivity contribution in [1.82, 2.24) is 19.9 Å². The number of nitrogen functional groups attached to an aromatic ring is 2. The van der Waals surface area contributed by atoms with Gasteiger partial charge in [-0.3, -0.25) is 4.90 Å². The summed E-state index contributed by atoms with van der Waals surface area (Å²) >= 11 is 0.660. The normalized spacial score (nSPS) is 20.5. The molecule has 0 aliphatic carbocycles. The summed E-state index contributed by atoms with van der Waals surface area (Å²) in [6, 6.07) is 4.21. The summed E-state index contributed by atoms with van der Waals surface area (Å²) in [5.41, 5.74) is 8.21. The Morgan fingerprint density at radius 3 is 2.72 bits per heavy atom. The van der Waals surface area contributed by atoms with E-state index < -0.39 is 68.9 Å². The maximum absolute atomic E-state index is 17.4. The highest BCUT2D eigenvalue weighted by atomic mass is 32.1. The predicted molar refractivity (Wildman–Crippen MR) is 189 cm³/mol. The highest BCUT2D eigenvalue weighted by molar-refractivity contribution is 7.23. The van der Waals surface area contributed by atoms with Crippen LogP contribution in [0.25, 0.3) is 32.1 Å². The summed E-state index contributed by atoms with van der Waals surface area (Å²) in [5.74, 6) is -2.73. The van der Waals surface area contributed by atoms with Crippen LogP contribution in [0.15, 0.2) is 24.4 Å². The Bertz CT molecular complexity index is 2390. The van der Waals surface area contributed by atoms with Gasteiger partial charge >= 0.3 is 12.2 Å². The summed E-state index contributed by atoms with van der Waals surface area (Å²) in [5, 5.41) is 9.10. The van der Waals surface area contributed by atoms with Gasteiger partial charge in [0, 0.05) is 29.5 Å². The minimum absolute atomic E-state index is 0.0581. The fourth-order valence-electron chi connectivity index (χ4n) is 8.18. The molecule has 18 heteroatoms. The Morgan fingerprint density at radius 2 is 1.98 bits per heavy atom. The van der Waals surface area contributed by atoms with E-state index in [1.165, 1.54) is 13.3 Å². The zero-order chi connectivity index (χ0) is 38.3. The maximum Gasteiger partial charge on any atom is 0.420 e. The van der Waals surface area contributed by atoms with Crippen molar-refractivity contribution in [3.63, 3.8) is 0 Å². The number of anilines is 3. The molecule has 3 aliphatic rings. The largest absolute Gasteiger partial charge is 0.495 e. The van der Waals surface area contributed by atoms with E-state index in [-0.39, 0.29) is 71.0 Å². The number of nitrogens with zero attached hydrogens (tertiary/aromatic N) is 6. The Kier molecular flexibility index (Phi) is 8.56. The second-order valence-electron chi connectivity index (χ2n) is 13.6. The first kappa shape index (κ1) is 35.7. The van der Waals surface area contributed by atoms with Gasteiger partial charge in [0.1, 0.15) is 70.5 Å². The summed E-state index contributed by atoms with van der Waals surface area (Å²) in [7, 11) is 1.44. The van der Waals surface area contributed by atoms with Crippen molar-refractivity contribution >= 4 is 49.0 Å². The van der Waals surface area contributed by atoms with Crippen LogP contribution in [-0.2, 0) is 6.18 Å². The van der Waals surface area contributed by atoms with Gasteiger partial charge < -0.3 is 30.6 Å². The minimum Gasteiger partial charge on any atom is -0.495 e. The second-order valence-corrected chi connectivity index (χ2v) is 14.7. The fourth-order valence-corrected chi connectivity index (χ4v) is 9.12. The average Bonchev–Trinajstić information content (AvgIpc) is 3.74.